The summed E-state index contributed by atoms with van der Waals surface area (Å²) in [7, 11) is 0. The van der Waals surface area contributed by atoms with Crippen LogP contribution in [0, 0.1) is 5.92 Å². The van der Waals surface area contributed by atoms with Gasteiger partial charge in [0.15, 0.2) is 0 Å². The molecule has 4 nitrogen and oxygen atoms in total. The molecule has 1 unspecified atom stereocenters. The lowest BCUT2D eigenvalue weighted by molar-refractivity contribution is -0.125. The second kappa shape index (κ2) is 7.06. The molecule has 0 saturated carbocycles. The SMILES string of the molecule is CCOCC(=O)NCC(C)CO. The summed E-state index contributed by atoms with van der Waals surface area (Å²) in [5.41, 5.74) is 0. The minimum atomic E-state index is -0.128. The molecule has 0 aliphatic carbocycles. The Bertz CT molecular complexity index is 127. The highest BCUT2D eigenvalue weighted by Crippen LogP contribution is 1.88. The maximum Gasteiger partial charge on any atom is 0.246 e. The van der Waals surface area contributed by atoms with Crippen LogP contribution in [0.1, 0.15) is 13.8 Å². The zero-order valence-corrected chi connectivity index (χ0v) is 7.67. The molecule has 0 spiro atoms. The summed E-state index contributed by atoms with van der Waals surface area (Å²) in [4.78, 5) is 10.9. The van der Waals surface area contributed by atoms with Gasteiger partial charge in [0.25, 0.3) is 0 Å². The van der Waals surface area contributed by atoms with Crippen LogP contribution in [0.5, 0.6) is 0 Å². The first-order valence-corrected chi connectivity index (χ1v) is 4.16. The summed E-state index contributed by atoms with van der Waals surface area (Å²) in [6.07, 6.45) is 0. The van der Waals surface area contributed by atoms with Crippen LogP contribution in [-0.4, -0.2) is 37.4 Å². The quantitative estimate of drug-likeness (QED) is 0.586. The number of hydrogen-bond acceptors (Lipinski definition) is 3. The van der Waals surface area contributed by atoms with Gasteiger partial charge in [-0.05, 0) is 12.8 Å². The third-order valence-electron chi connectivity index (χ3n) is 1.40. The van der Waals surface area contributed by atoms with Gasteiger partial charge in [-0.3, -0.25) is 4.79 Å². The number of carbonyl (C=O) groups excluding carboxylic acids is 1. The molecular formula is C8H17NO3. The van der Waals surface area contributed by atoms with Crippen molar-refractivity contribution >= 4 is 5.91 Å². The Morgan fingerprint density at radius 3 is 2.83 bits per heavy atom. The number of hydrogen-bond donors (Lipinski definition) is 2. The predicted octanol–water partition coefficient (Wildman–Crippen LogP) is -0.233. The Morgan fingerprint density at radius 1 is 1.67 bits per heavy atom. The first-order valence-electron chi connectivity index (χ1n) is 4.16. The smallest absolute Gasteiger partial charge is 0.246 e. The summed E-state index contributed by atoms with van der Waals surface area (Å²) in [6.45, 7) is 4.94. The van der Waals surface area contributed by atoms with E-state index in [2.05, 4.69) is 5.32 Å². The van der Waals surface area contributed by atoms with Crippen molar-refractivity contribution < 1.29 is 14.6 Å². The molecule has 2 N–H and O–H groups in total. The molecule has 0 rings (SSSR count). The molecule has 0 fully saturated rings. The van der Waals surface area contributed by atoms with Gasteiger partial charge in [0.05, 0.1) is 0 Å². The summed E-state index contributed by atoms with van der Waals surface area (Å²) in [5, 5.41) is 11.3. The van der Waals surface area contributed by atoms with E-state index in [0.29, 0.717) is 13.2 Å². The van der Waals surface area contributed by atoms with Gasteiger partial charge in [-0.25, -0.2) is 0 Å². The van der Waals surface area contributed by atoms with Crippen molar-refractivity contribution in [2.45, 2.75) is 13.8 Å². The van der Waals surface area contributed by atoms with E-state index in [0.717, 1.165) is 0 Å². The van der Waals surface area contributed by atoms with E-state index in [1.54, 1.807) is 0 Å². The number of aliphatic hydroxyl groups is 1. The van der Waals surface area contributed by atoms with Gasteiger partial charge >= 0.3 is 0 Å². The van der Waals surface area contributed by atoms with E-state index in [1.807, 2.05) is 13.8 Å². The van der Waals surface area contributed by atoms with Crippen molar-refractivity contribution in [2.75, 3.05) is 26.4 Å². The number of carbonyl (C=O) groups is 1. The second-order valence-electron chi connectivity index (χ2n) is 2.73. The monoisotopic (exact) mass is 175 g/mol. The van der Waals surface area contributed by atoms with E-state index in [-0.39, 0.29) is 25.0 Å². The summed E-state index contributed by atoms with van der Waals surface area (Å²) < 4.78 is 4.89. The van der Waals surface area contributed by atoms with Crippen LogP contribution in [-0.2, 0) is 9.53 Å². The van der Waals surface area contributed by atoms with Crippen LogP contribution in [0.4, 0.5) is 0 Å². The van der Waals surface area contributed by atoms with Crippen molar-refractivity contribution in [1.82, 2.24) is 5.32 Å². The third-order valence-corrected chi connectivity index (χ3v) is 1.40. The number of amides is 1. The van der Waals surface area contributed by atoms with Gasteiger partial charge in [0, 0.05) is 19.8 Å². The molecule has 0 heterocycles. The minimum absolute atomic E-state index is 0.0922. The van der Waals surface area contributed by atoms with Gasteiger partial charge in [-0.15, -0.1) is 0 Å². The van der Waals surface area contributed by atoms with Crippen molar-refractivity contribution in [1.29, 1.82) is 0 Å². The minimum Gasteiger partial charge on any atom is -0.396 e. The first kappa shape index (κ1) is 11.4. The van der Waals surface area contributed by atoms with Crippen LogP contribution in [0.25, 0.3) is 0 Å². The lowest BCUT2D eigenvalue weighted by Crippen LogP contribution is -2.32. The first-order chi connectivity index (χ1) is 5.70. The Morgan fingerprint density at radius 2 is 2.33 bits per heavy atom. The van der Waals surface area contributed by atoms with Gasteiger partial charge < -0.3 is 15.2 Å². The van der Waals surface area contributed by atoms with Crippen LogP contribution < -0.4 is 5.32 Å². The highest BCUT2D eigenvalue weighted by atomic mass is 16.5. The largest absolute Gasteiger partial charge is 0.396 e. The molecule has 0 aliphatic rings. The Hall–Kier alpha value is -0.610. The lowest BCUT2D eigenvalue weighted by Gasteiger charge is -2.08. The normalized spacial score (nSPS) is 12.6. The maximum atomic E-state index is 10.9. The summed E-state index contributed by atoms with van der Waals surface area (Å²) in [6, 6.07) is 0. The Labute approximate surface area is 72.9 Å². The van der Waals surface area contributed by atoms with E-state index in [1.165, 1.54) is 0 Å². The van der Waals surface area contributed by atoms with Crippen molar-refractivity contribution in [3.05, 3.63) is 0 Å². The average Bonchev–Trinajstić information content (AvgIpc) is 2.10. The van der Waals surface area contributed by atoms with Crippen molar-refractivity contribution in [3.8, 4) is 0 Å². The van der Waals surface area contributed by atoms with E-state index in [9.17, 15) is 4.79 Å². The van der Waals surface area contributed by atoms with Crippen molar-refractivity contribution in [2.24, 2.45) is 5.92 Å². The second-order valence-corrected chi connectivity index (χ2v) is 2.73. The van der Waals surface area contributed by atoms with Crippen molar-refractivity contribution in [3.63, 3.8) is 0 Å². The topological polar surface area (TPSA) is 58.6 Å². The number of ether oxygens (including phenoxy) is 1. The van der Waals surface area contributed by atoms with Gasteiger partial charge in [0.2, 0.25) is 5.91 Å². The summed E-state index contributed by atoms with van der Waals surface area (Å²) >= 11 is 0. The molecule has 0 aromatic heterocycles. The van der Waals surface area contributed by atoms with Crippen LogP contribution in [0.3, 0.4) is 0 Å². The van der Waals surface area contributed by atoms with Gasteiger partial charge in [-0.2, -0.15) is 0 Å². The highest BCUT2D eigenvalue weighted by Gasteiger charge is 2.03. The number of aliphatic hydroxyl groups excluding tert-OH is 1. The van der Waals surface area contributed by atoms with Crippen LogP contribution >= 0.6 is 0 Å². The molecule has 0 saturated heterocycles. The molecule has 0 aromatic carbocycles. The molecule has 12 heavy (non-hydrogen) atoms. The number of rotatable bonds is 6. The van der Waals surface area contributed by atoms with Crippen LogP contribution in [0.15, 0.2) is 0 Å². The fourth-order valence-electron chi connectivity index (χ4n) is 0.598. The van der Waals surface area contributed by atoms with Gasteiger partial charge in [0.1, 0.15) is 6.61 Å². The molecule has 0 aromatic rings. The van der Waals surface area contributed by atoms with E-state index >= 15 is 0 Å². The highest BCUT2D eigenvalue weighted by molar-refractivity contribution is 5.77. The molecule has 1 amide bonds. The van der Waals surface area contributed by atoms with E-state index in [4.69, 9.17) is 9.84 Å². The number of nitrogens with one attached hydrogen (secondary N) is 1. The summed E-state index contributed by atoms with van der Waals surface area (Å²) in [5.74, 6) is -0.0206. The molecule has 0 aliphatic heterocycles. The average molecular weight is 175 g/mol. The molecule has 72 valence electrons. The lowest BCUT2D eigenvalue weighted by atomic mass is 10.2. The van der Waals surface area contributed by atoms with Gasteiger partial charge in [-0.1, -0.05) is 6.92 Å². The Balaban J connectivity index is 3.31. The predicted molar refractivity (Wildman–Crippen MR) is 45.8 cm³/mol. The molecule has 1 atom stereocenters. The van der Waals surface area contributed by atoms with Crippen LogP contribution in [0.2, 0.25) is 0 Å². The van der Waals surface area contributed by atoms with E-state index < -0.39 is 0 Å². The standard InChI is InChI=1S/C8H17NO3/c1-3-12-6-8(11)9-4-7(2)5-10/h7,10H,3-6H2,1-2H3,(H,9,11). The Kier molecular flexibility index (Phi) is 6.70. The fourth-order valence-corrected chi connectivity index (χ4v) is 0.598. The molecule has 0 radical (unpaired) electrons. The zero-order valence-electron chi connectivity index (χ0n) is 7.67. The fraction of sp³-hybridized carbons (Fsp3) is 0.875. The third kappa shape index (κ3) is 6.12. The molecular weight excluding hydrogens is 158 g/mol. The molecule has 0 bridgehead atoms. The molecule has 4 heteroatoms. The maximum absolute atomic E-state index is 10.9. The zero-order chi connectivity index (χ0) is 9.40.